The monoisotopic (exact) mass is 418 g/mol. The van der Waals surface area contributed by atoms with E-state index < -0.39 is 11.9 Å². The number of carbonyl (C=O) groups is 1. The maximum absolute atomic E-state index is 13.3. The van der Waals surface area contributed by atoms with E-state index in [0.717, 1.165) is 17.8 Å². The van der Waals surface area contributed by atoms with Crippen LogP contribution < -0.4 is 9.47 Å². The first-order valence-electron chi connectivity index (χ1n) is 8.47. The highest BCUT2D eigenvalue weighted by molar-refractivity contribution is 7.99. The molecule has 0 saturated heterocycles. The van der Waals surface area contributed by atoms with Gasteiger partial charge in [0.15, 0.2) is 22.4 Å². The Bertz CT molecular complexity index is 1060. The van der Waals surface area contributed by atoms with E-state index in [2.05, 4.69) is 9.97 Å². The van der Waals surface area contributed by atoms with Gasteiger partial charge in [0.1, 0.15) is 5.69 Å². The molecule has 0 spiro atoms. The normalized spacial score (nSPS) is 12.8. The van der Waals surface area contributed by atoms with Gasteiger partial charge in [0, 0.05) is 11.1 Å². The topological polar surface area (TPSA) is 61.3 Å². The van der Waals surface area contributed by atoms with Crippen LogP contribution in [0.5, 0.6) is 11.5 Å². The molecule has 4 rings (SSSR count). The molecule has 0 radical (unpaired) electrons. The van der Waals surface area contributed by atoms with Crippen molar-refractivity contribution in [1.82, 2.24) is 9.97 Å². The summed E-state index contributed by atoms with van der Waals surface area (Å²) in [5, 5.41) is -0.118. The van der Waals surface area contributed by atoms with Crippen molar-refractivity contribution < 1.29 is 27.4 Å². The molecule has 5 nitrogen and oxygen atoms in total. The Morgan fingerprint density at radius 1 is 1.00 bits per heavy atom. The molecular weight excluding hydrogens is 405 g/mol. The zero-order valence-corrected chi connectivity index (χ0v) is 15.6. The first kappa shape index (κ1) is 19.3. The van der Waals surface area contributed by atoms with Gasteiger partial charge in [-0.15, -0.1) is 0 Å². The predicted molar refractivity (Wildman–Crippen MR) is 100 cm³/mol. The molecule has 0 N–H and O–H groups in total. The highest BCUT2D eigenvalue weighted by Crippen LogP contribution is 2.34. The smallest absolute Gasteiger partial charge is 0.433 e. The molecule has 2 heterocycles. The minimum Gasteiger partial charge on any atom is -0.454 e. The van der Waals surface area contributed by atoms with Crippen molar-refractivity contribution in [2.45, 2.75) is 11.3 Å². The molecule has 0 aliphatic carbocycles. The van der Waals surface area contributed by atoms with Crippen LogP contribution in [0.3, 0.4) is 0 Å². The average molecular weight is 418 g/mol. The molecule has 9 heteroatoms. The second-order valence-electron chi connectivity index (χ2n) is 6.06. The molecule has 0 unspecified atom stereocenters. The number of hydrogen-bond donors (Lipinski definition) is 0. The first-order chi connectivity index (χ1) is 13.9. The Kier molecular flexibility index (Phi) is 5.14. The average Bonchev–Trinajstić information content (AvgIpc) is 3.19. The van der Waals surface area contributed by atoms with E-state index in [1.54, 1.807) is 48.5 Å². The number of Topliss-reactive ketones (excluding diaryl/α,β-unsaturated/α-hetero) is 1. The Hall–Kier alpha value is -3.07. The van der Waals surface area contributed by atoms with Crippen molar-refractivity contribution in [2.24, 2.45) is 0 Å². The van der Waals surface area contributed by atoms with Crippen LogP contribution in [0.1, 0.15) is 16.1 Å². The van der Waals surface area contributed by atoms with Crippen LogP contribution in [0.15, 0.2) is 59.8 Å². The van der Waals surface area contributed by atoms with E-state index in [0.29, 0.717) is 22.6 Å². The number of thioether (sulfide) groups is 1. The van der Waals surface area contributed by atoms with Crippen molar-refractivity contribution in [3.63, 3.8) is 0 Å². The third-order valence-corrected chi connectivity index (χ3v) is 4.94. The number of ketones is 1. The maximum atomic E-state index is 13.3. The summed E-state index contributed by atoms with van der Waals surface area (Å²) >= 11 is 0.852. The summed E-state index contributed by atoms with van der Waals surface area (Å²) in [5.41, 5.74) is -0.00306. The number of alkyl halides is 3. The Morgan fingerprint density at radius 2 is 1.76 bits per heavy atom. The van der Waals surface area contributed by atoms with Crippen LogP contribution in [0, 0.1) is 0 Å². The number of benzene rings is 2. The summed E-state index contributed by atoms with van der Waals surface area (Å²) in [5.74, 6) is 0.607. The predicted octanol–water partition coefficient (Wildman–Crippen LogP) is 4.87. The van der Waals surface area contributed by atoms with Gasteiger partial charge in [-0.25, -0.2) is 9.97 Å². The van der Waals surface area contributed by atoms with Crippen LogP contribution in [0.4, 0.5) is 13.2 Å². The zero-order valence-electron chi connectivity index (χ0n) is 14.8. The molecule has 0 fully saturated rings. The van der Waals surface area contributed by atoms with Crippen molar-refractivity contribution in [3.8, 4) is 22.8 Å². The fourth-order valence-electron chi connectivity index (χ4n) is 2.68. The number of halogens is 3. The number of fused-ring (bicyclic) bond motifs is 1. The molecule has 0 bridgehead atoms. The van der Waals surface area contributed by atoms with Crippen molar-refractivity contribution in [3.05, 3.63) is 65.9 Å². The third-order valence-electron chi connectivity index (χ3n) is 4.09. The number of hydrogen-bond acceptors (Lipinski definition) is 6. The van der Waals surface area contributed by atoms with Crippen molar-refractivity contribution in [1.29, 1.82) is 0 Å². The number of ether oxygens (including phenoxy) is 2. The summed E-state index contributed by atoms with van der Waals surface area (Å²) < 4.78 is 50.2. The minimum atomic E-state index is -4.62. The fourth-order valence-corrected chi connectivity index (χ4v) is 3.43. The quantitative estimate of drug-likeness (QED) is 0.335. The van der Waals surface area contributed by atoms with Crippen LogP contribution in [0.2, 0.25) is 0 Å². The van der Waals surface area contributed by atoms with Crippen LogP contribution in [0.25, 0.3) is 11.3 Å². The lowest BCUT2D eigenvalue weighted by molar-refractivity contribution is -0.141. The van der Waals surface area contributed by atoms with Gasteiger partial charge in [-0.2, -0.15) is 13.2 Å². The molecule has 1 aliphatic rings. The molecule has 0 amide bonds. The lowest BCUT2D eigenvalue weighted by Gasteiger charge is -2.10. The molecular formula is C20H13F3N2O3S. The van der Waals surface area contributed by atoms with E-state index in [-0.39, 0.29) is 29.2 Å². The first-order valence-corrected chi connectivity index (χ1v) is 9.46. The Balaban J connectivity index is 1.57. The molecule has 29 heavy (non-hydrogen) atoms. The van der Waals surface area contributed by atoms with Gasteiger partial charge in [0.05, 0.1) is 11.4 Å². The number of carbonyl (C=O) groups excluding carboxylic acids is 1. The molecule has 3 aromatic rings. The van der Waals surface area contributed by atoms with E-state index >= 15 is 0 Å². The van der Waals surface area contributed by atoms with E-state index in [4.69, 9.17) is 9.47 Å². The van der Waals surface area contributed by atoms with Gasteiger partial charge in [-0.05, 0) is 24.3 Å². The van der Waals surface area contributed by atoms with Crippen LogP contribution in [-0.4, -0.2) is 28.3 Å². The van der Waals surface area contributed by atoms with Crippen molar-refractivity contribution in [2.75, 3.05) is 12.5 Å². The van der Waals surface area contributed by atoms with Crippen molar-refractivity contribution >= 4 is 17.5 Å². The maximum Gasteiger partial charge on any atom is 0.433 e. The second kappa shape index (κ2) is 7.75. The SMILES string of the molecule is O=C(CSc1nc(-c2ccccc2)cc(C(F)(F)F)n1)c1ccc2c(c1)OCO2. The largest absolute Gasteiger partial charge is 0.454 e. The second-order valence-corrected chi connectivity index (χ2v) is 7.01. The molecule has 2 aromatic carbocycles. The summed E-state index contributed by atoms with van der Waals surface area (Å²) in [6.45, 7) is 0.0854. The van der Waals surface area contributed by atoms with Crippen LogP contribution in [-0.2, 0) is 6.18 Å². The lowest BCUT2D eigenvalue weighted by Crippen LogP contribution is -2.11. The molecule has 148 valence electrons. The van der Waals surface area contributed by atoms with Gasteiger partial charge >= 0.3 is 6.18 Å². The molecule has 0 saturated carbocycles. The van der Waals surface area contributed by atoms with Gasteiger partial charge in [0.2, 0.25) is 6.79 Å². The summed E-state index contributed by atoms with van der Waals surface area (Å²) in [6, 6.07) is 14.2. The number of nitrogens with zero attached hydrogens (tertiary/aromatic N) is 2. The Morgan fingerprint density at radius 3 is 2.52 bits per heavy atom. The highest BCUT2D eigenvalue weighted by Gasteiger charge is 2.34. The number of rotatable bonds is 5. The van der Waals surface area contributed by atoms with Crippen LogP contribution >= 0.6 is 11.8 Å². The standard InChI is InChI=1S/C20H13F3N2O3S/c21-20(22,23)18-9-14(12-4-2-1-3-5-12)24-19(25-18)29-10-15(26)13-6-7-16-17(8-13)28-11-27-16/h1-9H,10-11H2. The van der Waals surface area contributed by atoms with Gasteiger partial charge in [0.25, 0.3) is 0 Å². The zero-order chi connectivity index (χ0) is 20.4. The van der Waals surface area contributed by atoms with Gasteiger partial charge < -0.3 is 9.47 Å². The summed E-state index contributed by atoms with van der Waals surface area (Å²) in [6.07, 6.45) is -4.62. The van der Waals surface area contributed by atoms with E-state index in [9.17, 15) is 18.0 Å². The molecule has 1 aliphatic heterocycles. The Labute approximate surface area is 167 Å². The fraction of sp³-hybridized carbons (Fsp3) is 0.150. The highest BCUT2D eigenvalue weighted by atomic mass is 32.2. The minimum absolute atomic E-state index is 0.0854. The van der Waals surface area contributed by atoms with Gasteiger partial charge in [-0.3, -0.25) is 4.79 Å². The van der Waals surface area contributed by atoms with E-state index in [1.807, 2.05) is 0 Å². The van der Waals surface area contributed by atoms with E-state index in [1.165, 1.54) is 0 Å². The third kappa shape index (κ3) is 4.34. The van der Waals surface area contributed by atoms with Gasteiger partial charge in [-0.1, -0.05) is 42.1 Å². The molecule has 0 atom stereocenters. The molecule has 1 aromatic heterocycles. The lowest BCUT2D eigenvalue weighted by atomic mass is 10.1. The number of aromatic nitrogens is 2. The summed E-state index contributed by atoms with van der Waals surface area (Å²) in [4.78, 5) is 20.2. The summed E-state index contributed by atoms with van der Waals surface area (Å²) in [7, 11) is 0.